The summed E-state index contributed by atoms with van der Waals surface area (Å²) in [5.41, 5.74) is -2.01. The molecule has 2 rings (SSSR count). The summed E-state index contributed by atoms with van der Waals surface area (Å²) in [6.45, 7) is 1.47. The van der Waals surface area contributed by atoms with E-state index in [0.29, 0.717) is 12.8 Å². The van der Waals surface area contributed by atoms with Gasteiger partial charge in [-0.1, -0.05) is 0 Å². The van der Waals surface area contributed by atoms with E-state index in [1.807, 2.05) is 0 Å². The molecule has 1 aromatic carbocycles. The third-order valence-electron chi connectivity index (χ3n) is 3.21. The van der Waals surface area contributed by atoms with E-state index < -0.39 is 58.5 Å². The van der Waals surface area contributed by atoms with Crippen molar-refractivity contribution >= 4 is 17.5 Å². The summed E-state index contributed by atoms with van der Waals surface area (Å²) in [6.07, 6.45) is 0.410. The smallest absolute Gasteiger partial charge is 0.352 e. The first kappa shape index (κ1) is 18.0. The SMILES string of the molecule is CCOC(=O)C(CC(=O)c1c(F)c(F)c(F)c(F)c1F)=NC1CC1. The van der Waals surface area contributed by atoms with Crippen molar-refractivity contribution in [3.63, 3.8) is 0 Å². The largest absolute Gasteiger partial charge is 0.462 e. The van der Waals surface area contributed by atoms with Gasteiger partial charge in [0.1, 0.15) is 5.71 Å². The fourth-order valence-electron chi connectivity index (χ4n) is 1.90. The molecule has 0 radical (unpaired) electrons. The minimum atomic E-state index is -2.36. The molecular weight excluding hydrogens is 337 g/mol. The Morgan fingerprint density at radius 1 is 1.00 bits per heavy atom. The van der Waals surface area contributed by atoms with Crippen LogP contribution in [0.1, 0.15) is 36.5 Å². The Morgan fingerprint density at radius 2 is 1.50 bits per heavy atom. The first-order chi connectivity index (χ1) is 11.3. The van der Waals surface area contributed by atoms with Crippen molar-refractivity contribution < 1.29 is 36.3 Å². The van der Waals surface area contributed by atoms with Crippen LogP contribution < -0.4 is 0 Å². The Labute approximate surface area is 133 Å². The second-order valence-electron chi connectivity index (χ2n) is 5.07. The lowest BCUT2D eigenvalue weighted by Crippen LogP contribution is -2.23. The average molecular weight is 349 g/mol. The van der Waals surface area contributed by atoms with Crippen LogP contribution in [0.5, 0.6) is 0 Å². The Kier molecular flexibility index (Phi) is 5.30. The molecule has 1 aromatic rings. The molecule has 4 nitrogen and oxygen atoms in total. The second-order valence-corrected chi connectivity index (χ2v) is 5.07. The molecule has 130 valence electrons. The monoisotopic (exact) mass is 349 g/mol. The van der Waals surface area contributed by atoms with Crippen LogP contribution in [0.25, 0.3) is 0 Å². The topological polar surface area (TPSA) is 55.7 Å². The van der Waals surface area contributed by atoms with Gasteiger partial charge in [0.25, 0.3) is 0 Å². The first-order valence-corrected chi connectivity index (χ1v) is 7.06. The predicted octanol–water partition coefficient (Wildman–Crippen LogP) is 3.12. The molecule has 0 N–H and O–H groups in total. The number of hydrogen-bond donors (Lipinski definition) is 0. The zero-order valence-electron chi connectivity index (χ0n) is 12.5. The summed E-state index contributed by atoms with van der Waals surface area (Å²) in [5, 5.41) is 0. The van der Waals surface area contributed by atoms with E-state index in [0.717, 1.165) is 0 Å². The van der Waals surface area contributed by atoms with Crippen molar-refractivity contribution in [1.29, 1.82) is 0 Å². The normalized spacial score (nSPS) is 14.7. The number of nitrogens with zero attached hydrogens (tertiary/aromatic N) is 1. The van der Waals surface area contributed by atoms with Crippen molar-refractivity contribution in [2.75, 3.05) is 6.61 Å². The molecule has 0 bridgehead atoms. The first-order valence-electron chi connectivity index (χ1n) is 7.06. The predicted molar refractivity (Wildman–Crippen MR) is 72.3 cm³/mol. The third kappa shape index (κ3) is 3.60. The van der Waals surface area contributed by atoms with Crippen LogP contribution in [-0.2, 0) is 9.53 Å². The standard InChI is InChI=1S/C15H12F5NO3/c1-2-24-15(23)7(21-6-3-4-6)5-8(22)9-10(16)12(18)14(20)13(19)11(9)17/h6H,2-5H2,1H3. The fraction of sp³-hybridized carbons (Fsp3) is 0.400. The minimum Gasteiger partial charge on any atom is -0.462 e. The summed E-state index contributed by atoms with van der Waals surface area (Å²) >= 11 is 0. The van der Waals surface area contributed by atoms with Gasteiger partial charge in [-0.3, -0.25) is 9.79 Å². The van der Waals surface area contributed by atoms with E-state index in [1.54, 1.807) is 0 Å². The highest BCUT2D eigenvalue weighted by Crippen LogP contribution is 2.26. The van der Waals surface area contributed by atoms with Gasteiger partial charge in [-0.2, -0.15) is 0 Å². The highest BCUT2D eigenvalue weighted by atomic mass is 19.2. The Bertz CT molecular complexity index is 699. The average Bonchev–Trinajstić information content (AvgIpc) is 3.35. The van der Waals surface area contributed by atoms with E-state index in [2.05, 4.69) is 9.73 Å². The molecule has 1 fully saturated rings. The maximum absolute atomic E-state index is 13.6. The number of Topliss-reactive ketones (excluding diaryl/α,β-unsaturated/α-hetero) is 1. The van der Waals surface area contributed by atoms with Gasteiger partial charge >= 0.3 is 5.97 Å². The van der Waals surface area contributed by atoms with Crippen molar-refractivity contribution in [2.24, 2.45) is 4.99 Å². The molecule has 0 heterocycles. The highest BCUT2D eigenvalue weighted by molar-refractivity contribution is 6.40. The number of ketones is 1. The van der Waals surface area contributed by atoms with Crippen molar-refractivity contribution in [3.8, 4) is 0 Å². The summed E-state index contributed by atoms with van der Waals surface area (Å²) in [7, 11) is 0. The van der Waals surface area contributed by atoms with Gasteiger partial charge in [0.2, 0.25) is 5.82 Å². The third-order valence-corrected chi connectivity index (χ3v) is 3.21. The van der Waals surface area contributed by atoms with E-state index >= 15 is 0 Å². The molecule has 0 unspecified atom stereocenters. The van der Waals surface area contributed by atoms with E-state index in [9.17, 15) is 31.5 Å². The Morgan fingerprint density at radius 3 is 1.96 bits per heavy atom. The lowest BCUT2D eigenvalue weighted by molar-refractivity contribution is -0.135. The quantitative estimate of drug-likeness (QED) is 0.198. The molecule has 0 atom stereocenters. The molecule has 1 aliphatic carbocycles. The van der Waals surface area contributed by atoms with E-state index in [4.69, 9.17) is 0 Å². The number of rotatable bonds is 6. The van der Waals surface area contributed by atoms with E-state index in [-0.39, 0.29) is 12.6 Å². The van der Waals surface area contributed by atoms with Crippen LogP contribution in [0.15, 0.2) is 4.99 Å². The summed E-state index contributed by atoms with van der Waals surface area (Å²) < 4.78 is 71.3. The lowest BCUT2D eigenvalue weighted by Gasteiger charge is -2.09. The molecule has 0 aliphatic heterocycles. The molecule has 0 amide bonds. The second kappa shape index (κ2) is 7.06. The van der Waals surface area contributed by atoms with Gasteiger partial charge < -0.3 is 4.74 Å². The van der Waals surface area contributed by atoms with Crippen LogP contribution in [0.4, 0.5) is 22.0 Å². The van der Waals surface area contributed by atoms with Crippen LogP contribution in [0.3, 0.4) is 0 Å². The summed E-state index contributed by atoms with van der Waals surface area (Å²) in [6, 6.07) is -0.214. The Hall–Kier alpha value is -2.32. The maximum Gasteiger partial charge on any atom is 0.352 e. The zero-order valence-corrected chi connectivity index (χ0v) is 12.5. The van der Waals surface area contributed by atoms with Crippen LogP contribution in [0.2, 0.25) is 0 Å². The molecule has 9 heteroatoms. The zero-order chi connectivity index (χ0) is 18.0. The van der Waals surface area contributed by atoms with Crippen LogP contribution >= 0.6 is 0 Å². The van der Waals surface area contributed by atoms with Crippen molar-refractivity contribution in [1.82, 2.24) is 0 Å². The maximum atomic E-state index is 13.6. The van der Waals surface area contributed by atoms with E-state index in [1.165, 1.54) is 6.92 Å². The summed E-state index contributed by atoms with van der Waals surface area (Å²) in [5.74, 6) is -13.7. The molecule has 0 saturated heterocycles. The number of aliphatic imine (C=N–C) groups is 1. The van der Waals surface area contributed by atoms with Gasteiger partial charge in [0, 0.05) is 0 Å². The molecular formula is C15H12F5NO3. The van der Waals surface area contributed by atoms with Crippen LogP contribution in [0, 0.1) is 29.1 Å². The minimum absolute atomic E-state index is 0.0285. The van der Waals surface area contributed by atoms with Gasteiger partial charge in [0.15, 0.2) is 29.1 Å². The number of carbonyl (C=O) groups excluding carboxylic acids is 2. The molecule has 0 spiro atoms. The van der Waals surface area contributed by atoms with Gasteiger partial charge in [-0.05, 0) is 19.8 Å². The number of carbonyl (C=O) groups is 2. The lowest BCUT2D eigenvalue weighted by atomic mass is 10.0. The van der Waals surface area contributed by atoms with Gasteiger partial charge in [0.05, 0.1) is 24.6 Å². The molecule has 1 saturated carbocycles. The molecule has 24 heavy (non-hydrogen) atoms. The van der Waals surface area contributed by atoms with Crippen LogP contribution in [-0.4, -0.2) is 30.1 Å². The Balaban J connectivity index is 2.36. The molecule has 0 aromatic heterocycles. The van der Waals surface area contributed by atoms with Crippen molar-refractivity contribution in [2.45, 2.75) is 32.2 Å². The highest BCUT2D eigenvalue weighted by Gasteiger charge is 2.32. The number of benzene rings is 1. The van der Waals surface area contributed by atoms with Gasteiger partial charge in [-0.25, -0.2) is 26.7 Å². The molecule has 1 aliphatic rings. The number of esters is 1. The fourth-order valence-corrected chi connectivity index (χ4v) is 1.90. The number of hydrogen-bond acceptors (Lipinski definition) is 4. The summed E-state index contributed by atoms with van der Waals surface area (Å²) in [4.78, 5) is 27.6. The number of halogens is 5. The number of ether oxygens (including phenoxy) is 1. The van der Waals surface area contributed by atoms with Crippen molar-refractivity contribution in [3.05, 3.63) is 34.6 Å². The van der Waals surface area contributed by atoms with Gasteiger partial charge in [-0.15, -0.1) is 0 Å².